The van der Waals surface area contributed by atoms with E-state index >= 15 is 0 Å². The van der Waals surface area contributed by atoms with Gasteiger partial charge in [0.1, 0.15) is 5.69 Å². The molecule has 6 heteroatoms. The molecular formula is C19H19N5O. The van der Waals surface area contributed by atoms with Crippen LogP contribution in [0.3, 0.4) is 0 Å². The summed E-state index contributed by atoms with van der Waals surface area (Å²) in [4.78, 5) is 30.7. The van der Waals surface area contributed by atoms with E-state index in [-0.39, 0.29) is 5.91 Å². The van der Waals surface area contributed by atoms with Gasteiger partial charge in [-0.05, 0) is 44.0 Å². The number of imidazole rings is 1. The van der Waals surface area contributed by atoms with Crippen LogP contribution in [0.2, 0.25) is 0 Å². The molecule has 25 heavy (non-hydrogen) atoms. The summed E-state index contributed by atoms with van der Waals surface area (Å²) in [5, 5.41) is 0. The summed E-state index contributed by atoms with van der Waals surface area (Å²) >= 11 is 0. The van der Waals surface area contributed by atoms with Crippen molar-refractivity contribution in [3.05, 3.63) is 53.7 Å². The quantitative estimate of drug-likeness (QED) is 0.799. The summed E-state index contributed by atoms with van der Waals surface area (Å²) < 4.78 is 0. The maximum absolute atomic E-state index is 12.4. The van der Waals surface area contributed by atoms with Gasteiger partial charge < -0.3 is 9.88 Å². The van der Waals surface area contributed by atoms with Gasteiger partial charge in [-0.1, -0.05) is 0 Å². The minimum Gasteiger partial charge on any atom is -0.341 e. The van der Waals surface area contributed by atoms with Crippen molar-refractivity contribution in [2.45, 2.75) is 20.3 Å². The second kappa shape index (κ2) is 6.12. The maximum Gasteiger partial charge on any atom is 0.255 e. The Hall–Kier alpha value is -3.02. The summed E-state index contributed by atoms with van der Waals surface area (Å²) in [6.07, 6.45) is 6.23. The van der Waals surface area contributed by atoms with Gasteiger partial charge in [-0.25, -0.2) is 4.98 Å². The minimum atomic E-state index is 0.0483. The van der Waals surface area contributed by atoms with Crippen LogP contribution >= 0.6 is 0 Å². The average Bonchev–Trinajstić information content (AvgIpc) is 2.93. The molecule has 3 aromatic heterocycles. The Bertz CT molecular complexity index is 923. The molecular weight excluding hydrogens is 314 g/mol. The highest BCUT2D eigenvalue weighted by Gasteiger charge is 2.22. The van der Waals surface area contributed by atoms with E-state index in [1.165, 1.54) is 0 Å². The lowest BCUT2D eigenvalue weighted by Crippen LogP contribution is -2.42. The molecule has 0 aromatic carbocycles. The Balaban J connectivity index is 1.68. The van der Waals surface area contributed by atoms with Crippen LogP contribution in [0.25, 0.3) is 22.6 Å². The van der Waals surface area contributed by atoms with E-state index in [2.05, 4.69) is 19.9 Å². The highest BCUT2D eigenvalue weighted by molar-refractivity contribution is 5.95. The number of aromatic nitrogens is 4. The van der Waals surface area contributed by atoms with Gasteiger partial charge in [0.2, 0.25) is 0 Å². The van der Waals surface area contributed by atoms with Crippen molar-refractivity contribution >= 4 is 5.91 Å². The third-order valence-corrected chi connectivity index (χ3v) is 4.59. The Morgan fingerprint density at radius 2 is 2.00 bits per heavy atom. The Morgan fingerprint density at radius 1 is 1.16 bits per heavy atom. The van der Waals surface area contributed by atoms with Crippen LogP contribution in [0.4, 0.5) is 0 Å². The zero-order valence-electron chi connectivity index (χ0n) is 14.3. The summed E-state index contributed by atoms with van der Waals surface area (Å²) in [6.45, 7) is 5.62. The molecule has 0 unspecified atom stereocenters. The third-order valence-electron chi connectivity index (χ3n) is 4.59. The molecule has 1 saturated heterocycles. The number of rotatable bonds is 3. The molecule has 0 saturated carbocycles. The van der Waals surface area contributed by atoms with Crippen molar-refractivity contribution in [1.29, 1.82) is 0 Å². The van der Waals surface area contributed by atoms with Crippen LogP contribution in [0, 0.1) is 13.8 Å². The smallest absolute Gasteiger partial charge is 0.255 e. The molecule has 4 heterocycles. The highest BCUT2D eigenvalue weighted by Crippen LogP contribution is 2.24. The van der Waals surface area contributed by atoms with E-state index in [0.29, 0.717) is 5.56 Å². The summed E-state index contributed by atoms with van der Waals surface area (Å²) in [5.41, 5.74) is 5.25. The number of carbonyl (C=O) groups is 1. The molecule has 0 radical (unpaired) electrons. The lowest BCUT2D eigenvalue weighted by Gasteiger charge is -2.30. The molecule has 0 atom stereocenters. The maximum atomic E-state index is 12.4. The molecule has 3 aromatic rings. The largest absolute Gasteiger partial charge is 0.341 e. The van der Waals surface area contributed by atoms with Gasteiger partial charge in [0.15, 0.2) is 5.82 Å². The molecule has 1 aliphatic rings. The average molecular weight is 333 g/mol. The van der Waals surface area contributed by atoms with Gasteiger partial charge in [0, 0.05) is 42.9 Å². The molecule has 126 valence electrons. The zero-order valence-corrected chi connectivity index (χ0v) is 14.3. The standard InChI is InChI=1S/C19H19N5O/c1-12-13(2)23-18(22-12)17-9-14(4-5-21-17)15-8-16(11-20-10-15)19(25)24-6-3-7-24/h4-5,8-11H,3,6-7H2,1-2H3,(H,22,23). The fourth-order valence-corrected chi connectivity index (χ4v) is 2.83. The molecule has 0 bridgehead atoms. The zero-order chi connectivity index (χ0) is 17.4. The number of carbonyl (C=O) groups excluding carboxylic acids is 1. The number of hydrogen-bond donors (Lipinski definition) is 1. The van der Waals surface area contributed by atoms with Gasteiger partial charge in [-0.2, -0.15) is 0 Å². The van der Waals surface area contributed by atoms with E-state index in [9.17, 15) is 4.79 Å². The van der Waals surface area contributed by atoms with Gasteiger partial charge in [0.25, 0.3) is 5.91 Å². The van der Waals surface area contributed by atoms with Crippen LogP contribution < -0.4 is 0 Å². The number of aromatic amines is 1. The Kier molecular flexibility index (Phi) is 3.80. The van der Waals surface area contributed by atoms with Crippen LogP contribution in [-0.4, -0.2) is 43.8 Å². The van der Waals surface area contributed by atoms with Crippen LogP contribution in [-0.2, 0) is 0 Å². The highest BCUT2D eigenvalue weighted by atomic mass is 16.2. The number of pyridine rings is 2. The summed E-state index contributed by atoms with van der Waals surface area (Å²) in [5.74, 6) is 0.796. The Morgan fingerprint density at radius 3 is 2.68 bits per heavy atom. The molecule has 1 fully saturated rings. The van der Waals surface area contributed by atoms with Crippen LogP contribution in [0.5, 0.6) is 0 Å². The lowest BCUT2D eigenvalue weighted by molar-refractivity contribution is 0.0651. The first-order valence-electron chi connectivity index (χ1n) is 8.36. The number of hydrogen-bond acceptors (Lipinski definition) is 4. The number of aryl methyl sites for hydroxylation is 2. The predicted molar refractivity (Wildman–Crippen MR) is 95.0 cm³/mol. The van der Waals surface area contributed by atoms with E-state index in [4.69, 9.17) is 0 Å². The van der Waals surface area contributed by atoms with Gasteiger partial charge in [0.05, 0.1) is 11.3 Å². The van der Waals surface area contributed by atoms with E-state index in [1.807, 2.05) is 36.9 Å². The van der Waals surface area contributed by atoms with E-state index < -0.39 is 0 Å². The van der Waals surface area contributed by atoms with Gasteiger partial charge in [-0.15, -0.1) is 0 Å². The van der Waals surface area contributed by atoms with Crippen molar-refractivity contribution < 1.29 is 4.79 Å². The topological polar surface area (TPSA) is 74.8 Å². The lowest BCUT2D eigenvalue weighted by atomic mass is 10.0. The number of nitrogens with zero attached hydrogens (tertiary/aromatic N) is 4. The minimum absolute atomic E-state index is 0.0483. The molecule has 1 N–H and O–H groups in total. The van der Waals surface area contributed by atoms with Crippen molar-refractivity contribution in [2.75, 3.05) is 13.1 Å². The first-order chi connectivity index (χ1) is 12.1. The second-order valence-corrected chi connectivity index (χ2v) is 6.33. The third kappa shape index (κ3) is 2.91. The predicted octanol–water partition coefficient (Wildman–Crippen LogP) is 3.00. The SMILES string of the molecule is Cc1nc(-c2cc(-c3cncc(C(=O)N4CCC4)c3)ccn2)[nH]c1C. The summed E-state index contributed by atoms with van der Waals surface area (Å²) in [7, 11) is 0. The van der Waals surface area contributed by atoms with Crippen molar-refractivity contribution in [3.63, 3.8) is 0 Å². The monoisotopic (exact) mass is 333 g/mol. The van der Waals surface area contributed by atoms with Crippen LogP contribution in [0.1, 0.15) is 28.2 Å². The first-order valence-corrected chi connectivity index (χ1v) is 8.36. The number of amides is 1. The number of H-pyrrole nitrogens is 1. The fourth-order valence-electron chi connectivity index (χ4n) is 2.83. The molecule has 1 aliphatic heterocycles. The van der Waals surface area contributed by atoms with Crippen molar-refractivity contribution in [3.8, 4) is 22.6 Å². The molecule has 1 amide bonds. The number of likely N-dealkylation sites (tertiary alicyclic amines) is 1. The van der Waals surface area contributed by atoms with E-state index in [0.717, 1.165) is 53.5 Å². The van der Waals surface area contributed by atoms with Crippen molar-refractivity contribution in [2.24, 2.45) is 0 Å². The van der Waals surface area contributed by atoms with Gasteiger partial charge in [-0.3, -0.25) is 14.8 Å². The fraction of sp³-hybridized carbons (Fsp3) is 0.263. The molecule has 6 nitrogen and oxygen atoms in total. The number of nitrogens with one attached hydrogen (secondary N) is 1. The normalized spacial score (nSPS) is 13.6. The Labute approximate surface area is 146 Å². The van der Waals surface area contributed by atoms with Gasteiger partial charge >= 0.3 is 0 Å². The summed E-state index contributed by atoms with van der Waals surface area (Å²) in [6, 6.07) is 5.78. The molecule has 4 rings (SSSR count). The van der Waals surface area contributed by atoms with Crippen molar-refractivity contribution in [1.82, 2.24) is 24.8 Å². The first kappa shape index (κ1) is 15.5. The second-order valence-electron chi connectivity index (χ2n) is 6.33. The molecule has 0 aliphatic carbocycles. The van der Waals surface area contributed by atoms with Crippen LogP contribution in [0.15, 0.2) is 36.8 Å². The van der Waals surface area contributed by atoms with E-state index in [1.54, 1.807) is 18.6 Å². The molecule has 0 spiro atoms.